The maximum Gasteiger partial charge on any atom is 0.338 e. The summed E-state index contributed by atoms with van der Waals surface area (Å²) in [7, 11) is 1.57. The van der Waals surface area contributed by atoms with Crippen molar-refractivity contribution in [1.82, 2.24) is 5.32 Å². The molecule has 31 heavy (non-hydrogen) atoms. The normalized spacial score (nSPS) is 12.2. The van der Waals surface area contributed by atoms with Gasteiger partial charge in [0.2, 0.25) is 0 Å². The molecule has 0 aromatic heterocycles. The highest BCUT2D eigenvalue weighted by Gasteiger charge is 2.29. The Morgan fingerprint density at radius 2 is 1.81 bits per heavy atom. The number of carbonyl (C=O) groups excluding carboxylic acids is 2. The molecule has 7 nitrogen and oxygen atoms in total. The summed E-state index contributed by atoms with van der Waals surface area (Å²) < 4.78 is 15.5. The van der Waals surface area contributed by atoms with E-state index >= 15 is 0 Å². The minimum absolute atomic E-state index is 0.126. The van der Waals surface area contributed by atoms with Crippen molar-refractivity contribution >= 4 is 11.9 Å². The number of amides is 1. The molecule has 0 bridgehead atoms. The molecule has 0 aliphatic carbocycles. The molecule has 1 amide bonds. The number of methoxy groups -OCH3 is 1. The molecular weight excluding hydrogens is 398 g/mol. The van der Waals surface area contributed by atoms with Crippen molar-refractivity contribution in [2.45, 2.75) is 25.7 Å². The van der Waals surface area contributed by atoms with Crippen LogP contribution < -0.4 is 5.32 Å². The van der Waals surface area contributed by atoms with E-state index in [1.807, 2.05) is 30.3 Å². The monoisotopic (exact) mass is 425 g/mol. The van der Waals surface area contributed by atoms with Crippen molar-refractivity contribution in [3.05, 3.63) is 71.3 Å². The molecule has 2 rings (SSSR count). The van der Waals surface area contributed by atoms with Gasteiger partial charge in [0.05, 0.1) is 13.2 Å². The topological polar surface area (TPSA) is 94.1 Å². The lowest BCUT2D eigenvalue weighted by molar-refractivity contribution is -0.165. The minimum Gasteiger partial charge on any atom is -0.464 e. The van der Waals surface area contributed by atoms with Gasteiger partial charge in [-0.2, -0.15) is 0 Å². The summed E-state index contributed by atoms with van der Waals surface area (Å²) in [6.45, 7) is 2.11. The van der Waals surface area contributed by atoms with Gasteiger partial charge in [-0.15, -0.1) is 0 Å². The van der Waals surface area contributed by atoms with Crippen molar-refractivity contribution in [1.29, 1.82) is 0 Å². The molecule has 2 unspecified atom stereocenters. The highest BCUT2D eigenvalue weighted by molar-refractivity contribution is 5.94. The first kappa shape index (κ1) is 24.1. The molecule has 0 fully saturated rings. The van der Waals surface area contributed by atoms with Gasteiger partial charge in [-0.05, 0) is 36.8 Å². The highest BCUT2D eigenvalue weighted by atomic mass is 16.6. The van der Waals surface area contributed by atoms with Crippen molar-refractivity contribution in [3.63, 3.8) is 0 Å². The van der Waals surface area contributed by atoms with Crippen molar-refractivity contribution < 1.29 is 28.9 Å². The maximum absolute atomic E-state index is 12.4. The van der Waals surface area contributed by atoms with Gasteiger partial charge in [0, 0.05) is 24.8 Å². The molecule has 164 valence electrons. The Hall–Kier alpha value is -3.18. The lowest BCUT2D eigenvalue weighted by Crippen LogP contribution is -2.45. The van der Waals surface area contributed by atoms with E-state index in [0.717, 1.165) is 11.1 Å². The first-order chi connectivity index (χ1) is 15.0. The van der Waals surface area contributed by atoms with Crippen LogP contribution in [0.3, 0.4) is 0 Å². The molecular formula is C24H27NO6. The first-order valence-corrected chi connectivity index (χ1v) is 9.91. The van der Waals surface area contributed by atoms with E-state index in [2.05, 4.69) is 17.2 Å². The summed E-state index contributed by atoms with van der Waals surface area (Å²) in [6, 6.07) is 16.0. The zero-order valence-corrected chi connectivity index (χ0v) is 17.7. The van der Waals surface area contributed by atoms with Crippen LogP contribution in [-0.2, 0) is 25.6 Å². The number of hydrogen-bond donors (Lipinski definition) is 2. The summed E-state index contributed by atoms with van der Waals surface area (Å²) in [6.07, 6.45) is -2.50. The van der Waals surface area contributed by atoms with E-state index in [4.69, 9.17) is 14.2 Å². The largest absolute Gasteiger partial charge is 0.464 e. The fraction of sp³-hybridized carbons (Fsp3) is 0.333. The second-order valence-electron chi connectivity index (χ2n) is 6.56. The van der Waals surface area contributed by atoms with Crippen LogP contribution >= 0.6 is 0 Å². The number of aliphatic hydroxyl groups excluding tert-OH is 1. The van der Waals surface area contributed by atoms with Gasteiger partial charge in [-0.1, -0.05) is 42.2 Å². The fourth-order valence-corrected chi connectivity index (χ4v) is 2.64. The molecule has 2 aromatic rings. The van der Waals surface area contributed by atoms with E-state index in [1.165, 1.54) is 0 Å². The number of hydrogen-bond acceptors (Lipinski definition) is 6. The molecule has 0 aliphatic heterocycles. The van der Waals surface area contributed by atoms with Crippen LogP contribution in [0, 0.1) is 11.8 Å². The zero-order chi connectivity index (χ0) is 22.5. The van der Waals surface area contributed by atoms with Crippen LogP contribution in [0.1, 0.15) is 28.4 Å². The van der Waals surface area contributed by atoms with Crippen molar-refractivity contribution in [2.75, 3.05) is 26.9 Å². The summed E-state index contributed by atoms with van der Waals surface area (Å²) in [5, 5.41) is 13.1. The smallest absolute Gasteiger partial charge is 0.338 e. The third-order valence-corrected chi connectivity index (χ3v) is 4.21. The Balaban J connectivity index is 1.94. The first-order valence-electron chi connectivity index (χ1n) is 9.91. The van der Waals surface area contributed by atoms with Crippen LogP contribution in [0.2, 0.25) is 0 Å². The van der Waals surface area contributed by atoms with Crippen molar-refractivity contribution in [3.8, 4) is 11.8 Å². The van der Waals surface area contributed by atoms with E-state index in [9.17, 15) is 14.7 Å². The summed E-state index contributed by atoms with van der Waals surface area (Å²) in [4.78, 5) is 24.6. The van der Waals surface area contributed by atoms with Gasteiger partial charge in [0.15, 0.2) is 6.10 Å². The highest BCUT2D eigenvalue weighted by Crippen LogP contribution is 2.09. The Bertz CT molecular complexity index is 886. The molecule has 0 spiro atoms. The van der Waals surface area contributed by atoms with Crippen LogP contribution in [0.15, 0.2) is 54.6 Å². The zero-order valence-electron chi connectivity index (χ0n) is 17.7. The van der Waals surface area contributed by atoms with Gasteiger partial charge in [0.25, 0.3) is 5.91 Å². The number of rotatable bonds is 10. The van der Waals surface area contributed by atoms with Gasteiger partial charge in [-0.3, -0.25) is 4.79 Å². The van der Waals surface area contributed by atoms with Crippen LogP contribution in [0.25, 0.3) is 0 Å². The fourth-order valence-electron chi connectivity index (χ4n) is 2.64. The SMILES string of the molecule is CCOC(=O)C(OCc1ccccc1)C(O)CNC(=O)c1ccc(C#CCOC)cc1. The Morgan fingerprint density at radius 1 is 1.10 bits per heavy atom. The molecule has 2 aromatic carbocycles. The summed E-state index contributed by atoms with van der Waals surface area (Å²) in [5.74, 6) is 4.68. The summed E-state index contributed by atoms with van der Waals surface area (Å²) >= 11 is 0. The van der Waals surface area contributed by atoms with Gasteiger partial charge in [0.1, 0.15) is 12.7 Å². The van der Waals surface area contributed by atoms with Crippen LogP contribution in [0.5, 0.6) is 0 Å². The average molecular weight is 425 g/mol. The van der Waals surface area contributed by atoms with Gasteiger partial charge in [-0.25, -0.2) is 4.79 Å². The quantitative estimate of drug-likeness (QED) is 0.446. The Labute approximate surface area is 182 Å². The standard InChI is InChI=1S/C24H27NO6/c1-3-30-24(28)22(31-17-19-8-5-4-6-9-19)21(26)16-25-23(27)20-13-11-18(12-14-20)10-7-15-29-2/h4-6,8-9,11-14,21-22,26H,3,15-17H2,1-2H3,(H,25,27). The number of esters is 1. The lowest BCUT2D eigenvalue weighted by atomic mass is 10.1. The van der Waals surface area contributed by atoms with Crippen LogP contribution in [-0.4, -0.2) is 56.1 Å². The lowest BCUT2D eigenvalue weighted by Gasteiger charge is -2.22. The third-order valence-electron chi connectivity index (χ3n) is 4.21. The van der Waals surface area contributed by atoms with E-state index < -0.39 is 18.2 Å². The average Bonchev–Trinajstić information content (AvgIpc) is 2.79. The molecule has 0 radical (unpaired) electrons. The van der Waals surface area contributed by atoms with Crippen molar-refractivity contribution in [2.24, 2.45) is 0 Å². The Kier molecular flexibility index (Phi) is 10.3. The number of ether oxygens (including phenoxy) is 3. The third kappa shape index (κ3) is 8.22. The van der Waals surface area contributed by atoms with Gasteiger partial charge >= 0.3 is 5.97 Å². The van der Waals surface area contributed by atoms with Gasteiger partial charge < -0.3 is 24.6 Å². The second kappa shape index (κ2) is 13.2. The molecule has 0 heterocycles. The predicted octanol–water partition coefficient (Wildman–Crippen LogP) is 1.92. The molecule has 7 heteroatoms. The number of aliphatic hydroxyl groups is 1. The predicted molar refractivity (Wildman–Crippen MR) is 115 cm³/mol. The molecule has 0 aliphatic rings. The van der Waals surface area contributed by atoms with E-state index in [0.29, 0.717) is 12.2 Å². The number of carbonyl (C=O) groups is 2. The summed E-state index contributed by atoms with van der Waals surface area (Å²) in [5.41, 5.74) is 2.01. The number of nitrogens with one attached hydrogen (secondary N) is 1. The molecule has 0 saturated heterocycles. The molecule has 0 saturated carbocycles. The minimum atomic E-state index is -1.27. The molecule has 2 atom stereocenters. The van der Waals surface area contributed by atoms with Crippen LogP contribution in [0.4, 0.5) is 0 Å². The van der Waals surface area contributed by atoms with E-state index in [-0.39, 0.29) is 25.7 Å². The second-order valence-corrected chi connectivity index (χ2v) is 6.56. The molecule has 2 N–H and O–H groups in total. The maximum atomic E-state index is 12.4. The van der Waals surface area contributed by atoms with E-state index in [1.54, 1.807) is 38.3 Å². The Morgan fingerprint density at radius 3 is 2.45 bits per heavy atom. The number of benzene rings is 2.